The molecule has 0 saturated heterocycles. The first-order valence-electron chi connectivity index (χ1n) is 11.0. The monoisotopic (exact) mass is 407 g/mol. The maximum absolute atomic E-state index is 12.6. The Labute approximate surface area is 176 Å². The Morgan fingerprint density at radius 3 is 2.33 bits per heavy atom. The van der Waals surface area contributed by atoms with Gasteiger partial charge in [-0.25, -0.2) is 0 Å². The summed E-state index contributed by atoms with van der Waals surface area (Å²) in [4.78, 5) is 28.8. The predicted octanol–water partition coefficient (Wildman–Crippen LogP) is 2.99. The minimum atomic E-state index is -0.247. The first kappa shape index (κ1) is 19.3. The first-order chi connectivity index (χ1) is 14.6. The Kier molecular flexibility index (Phi) is 5.05. The summed E-state index contributed by atoms with van der Waals surface area (Å²) in [5.74, 6) is 2.74. The maximum atomic E-state index is 12.6. The van der Waals surface area contributed by atoms with Crippen LogP contribution in [-0.4, -0.2) is 33.1 Å². The van der Waals surface area contributed by atoms with E-state index in [1.807, 2.05) is 18.3 Å². The van der Waals surface area contributed by atoms with Crippen LogP contribution in [0.15, 0.2) is 36.8 Å². The molecule has 30 heavy (non-hydrogen) atoms. The summed E-state index contributed by atoms with van der Waals surface area (Å²) in [5, 5.41) is 9.97. The fourth-order valence-electron chi connectivity index (χ4n) is 6.47. The van der Waals surface area contributed by atoms with Crippen LogP contribution in [0.2, 0.25) is 0 Å². The molecule has 0 aromatic carbocycles. The van der Waals surface area contributed by atoms with Crippen LogP contribution in [0.1, 0.15) is 50.5 Å². The van der Waals surface area contributed by atoms with Crippen LogP contribution in [0, 0.1) is 23.2 Å². The second kappa shape index (κ2) is 7.85. The number of carbonyl (C=O) groups excluding carboxylic acids is 2. The van der Waals surface area contributed by atoms with E-state index in [1.54, 1.807) is 23.1 Å². The van der Waals surface area contributed by atoms with E-state index in [0.717, 1.165) is 23.3 Å². The Balaban J connectivity index is 1.09. The lowest BCUT2D eigenvalue weighted by Gasteiger charge is -2.56. The molecule has 2 amide bonds. The van der Waals surface area contributed by atoms with Crippen LogP contribution in [0.4, 0.5) is 5.82 Å². The molecule has 4 aliphatic carbocycles. The number of nitrogens with one attached hydrogen (secondary N) is 2. The minimum Gasteiger partial charge on any atom is -0.347 e. The second-order valence-electron chi connectivity index (χ2n) is 9.67. The summed E-state index contributed by atoms with van der Waals surface area (Å²) in [7, 11) is 0. The molecule has 4 saturated carbocycles. The van der Waals surface area contributed by atoms with Crippen molar-refractivity contribution in [2.75, 3.05) is 11.9 Å². The van der Waals surface area contributed by atoms with E-state index in [1.165, 1.54) is 38.5 Å². The van der Waals surface area contributed by atoms with Gasteiger partial charge in [-0.1, -0.05) is 0 Å². The van der Waals surface area contributed by atoms with Crippen molar-refractivity contribution in [3.8, 4) is 0 Å². The summed E-state index contributed by atoms with van der Waals surface area (Å²) in [6.07, 6.45) is 13.6. The molecule has 2 heterocycles. The molecule has 158 valence electrons. The largest absolute Gasteiger partial charge is 0.347 e. The van der Waals surface area contributed by atoms with Gasteiger partial charge in [-0.2, -0.15) is 5.10 Å². The molecule has 2 aromatic heterocycles. The van der Waals surface area contributed by atoms with Crippen LogP contribution in [0.3, 0.4) is 0 Å². The van der Waals surface area contributed by atoms with Crippen LogP contribution in [0.25, 0.3) is 0 Å². The Hall–Kier alpha value is -2.70. The van der Waals surface area contributed by atoms with Crippen LogP contribution < -0.4 is 10.6 Å². The molecular weight excluding hydrogens is 378 g/mol. The molecule has 0 atom stereocenters. The van der Waals surface area contributed by atoms with Crippen molar-refractivity contribution in [3.63, 3.8) is 0 Å². The van der Waals surface area contributed by atoms with Crippen molar-refractivity contribution in [2.24, 2.45) is 23.2 Å². The van der Waals surface area contributed by atoms with Gasteiger partial charge < -0.3 is 10.6 Å². The number of nitrogens with zero attached hydrogens (tertiary/aromatic N) is 3. The van der Waals surface area contributed by atoms with Crippen molar-refractivity contribution < 1.29 is 9.59 Å². The lowest BCUT2D eigenvalue weighted by atomic mass is 9.49. The molecule has 4 bridgehead atoms. The molecule has 2 aromatic rings. The van der Waals surface area contributed by atoms with E-state index in [9.17, 15) is 9.59 Å². The van der Waals surface area contributed by atoms with Crippen molar-refractivity contribution in [1.82, 2.24) is 20.1 Å². The zero-order valence-corrected chi connectivity index (χ0v) is 17.2. The van der Waals surface area contributed by atoms with Crippen LogP contribution >= 0.6 is 0 Å². The van der Waals surface area contributed by atoms with Gasteiger partial charge in [0.1, 0.15) is 0 Å². The zero-order valence-electron chi connectivity index (χ0n) is 17.2. The topological polar surface area (TPSA) is 88.9 Å². The third-order valence-electron chi connectivity index (χ3n) is 7.15. The first-order valence-corrected chi connectivity index (χ1v) is 11.0. The van der Waals surface area contributed by atoms with Gasteiger partial charge in [-0.3, -0.25) is 19.3 Å². The van der Waals surface area contributed by atoms with Crippen LogP contribution in [0.5, 0.6) is 0 Å². The molecule has 6 rings (SSSR count). The fourth-order valence-corrected chi connectivity index (χ4v) is 6.47. The lowest BCUT2D eigenvalue weighted by Crippen LogP contribution is -2.48. The maximum Gasteiger partial charge on any atom is 0.244 e. The molecule has 0 aliphatic heterocycles. The molecule has 4 fully saturated rings. The quantitative estimate of drug-likeness (QED) is 0.738. The highest BCUT2D eigenvalue weighted by Crippen LogP contribution is 2.61. The molecule has 0 unspecified atom stereocenters. The van der Waals surface area contributed by atoms with E-state index in [-0.39, 0.29) is 23.8 Å². The Morgan fingerprint density at radius 2 is 1.67 bits per heavy atom. The number of anilines is 1. The molecule has 0 radical (unpaired) electrons. The number of rotatable bonds is 7. The summed E-state index contributed by atoms with van der Waals surface area (Å²) in [6, 6.07) is 5.62. The highest BCUT2D eigenvalue weighted by molar-refractivity contribution is 5.93. The van der Waals surface area contributed by atoms with Gasteiger partial charge in [0.05, 0.1) is 13.1 Å². The van der Waals surface area contributed by atoms with Crippen molar-refractivity contribution in [3.05, 3.63) is 42.4 Å². The lowest BCUT2D eigenvalue weighted by molar-refractivity contribution is -0.131. The number of amides is 2. The average Bonchev–Trinajstić information content (AvgIpc) is 3.12. The zero-order chi connectivity index (χ0) is 20.6. The predicted molar refractivity (Wildman–Crippen MR) is 112 cm³/mol. The third-order valence-corrected chi connectivity index (χ3v) is 7.15. The number of hydrogen-bond donors (Lipinski definition) is 2. The van der Waals surface area contributed by atoms with Gasteiger partial charge in [-0.15, -0.1) is 0 Å². The molecule has 2 N–H and O–H groups in total. The summed E-state index contributed by atoms with van der Waals surface area (Å²) in [5.41, 5.74) is 1.28. The molecule has 4 aliphatic rings. The average molecular weight is 408 g/mol. The molecular formula is C23H29N5O2. The van der Waals surface area contributed by atoms with E-state index in [2.05, 4.69) is 20.7 Å². The van der Waals surface area contributed by atoms with E-state index < -0.39 is 0 Å². The highest BCUT2D eigenvalue weighted by Gasteiger charge is 2.51. The number of carbonyl (C=O) groups is 2. The van der Waals surface area contributed by atoms with Gasteiger partial charge >= 0.3 is 0 Å². The van der Waals surface area contributed by atoms with Gasteiger partial charge in [0, 0.05) is 31.1 Å². The van der Waals surface area contributed by atoms with E-state index in [0.29, 0.717) is 18.8 Å². The van der Waals surface area contributed by atoms with Crippen LogP contribution in [-0.2, 0) is 16.1 Å². The summed E-state index contributed by atoms with van der Waals surface area (Å²) >= 11 is 0. The Morgan fingerprint density at radius 1 is 1.00 bits per heavy atom. The van der Waals surface area contributed by atoms with Crippen molar-refractivity contribution in [2.45, 2.75) is 51.5 Å². The molecule has 7 heteroatoms. The second-order valence-corrected chi connectivity index (χ2v) is 9.67. The minimum absolute atomic E-state index is 0.00955. The Bertz CT molecular complexity index is 887. The van der Waals surface area contributed by atoms with Gasteiger partial charge in [0.2, 0.25) is 11.8 Å². The van der Waals surface area contributed by atoms with Crippen molar-refractivity contribution >= 4 is 17.6 Å². The number of aromatic nitrogens is 3. The molecule has 7 nitrogen and oxygen atoms in total. The number of hydrogen-bond acceptors (Lipinski definition) is 4. The molecule has 0 spiro atoms. The van der Waals surface area contributed by atoms with Gasteiger partial charge in [0.25, 0.3) is 0 Å². The van der Waals surface area contributed by atoms with E-state index >= 15 is 0 Å². The van der Waals surface area contributed by atoms with Crippen molar-refractivity contribution in [1.29, 1.82) is 0 Å². The third kappa shape index (κ3) is 4.25. The summed E-state index contributed by atoms with van der Waals surface area (Å²) in [6.45, 7) is 0.600. The number of pyridine rings is 1. The SMILES string of the molecule is O=C(CC12CC3CC(CC(C3)C1)C2)NCC(=O)Nc1ccn(Cc2ccncc2)n1. The fraction of sp³-hybridized carbons (Fsp3) is 0.565. The summed E-state index contributed by atoms with van der Waals surface area (Å²) < 4.78 is 1.76. The van der Waals surface area contributed by atoms with E-state index in [4.69, 9.17) is 0 Å². The van der Waals surface area contributed by atoms with Gasteiger partial charge in [0.15, 0.2) is 5.82 Å². The standard InChI is InChI=1S/C23H29N5O2/c29-21(13-23-10-17-7-18(11-23)9-19(8-17)12-23)25-14-22(30)26-20-3-6-28(27-20)15-16-1-4-24-5-2-16/h1-6,17-19H,7-15H2,(H,25,29)(H,26,27,30). The smallest absolute Gasteiger partial charge is 0.244 e. The van der Waals surface area contributed by atoms with Gasteiger partial charge in [-0.05, 0) is 79.4 Å². The normalized spacial score (nSPS) is 29.0. The highest BCUT2D eigenvalue weighted by atomic mass is 16.2.